The van der Waals surface area contributed by atoms with E-state index in [-0.39, 0.29) is 6.04 Å². The van der Waals surface area contributed by atoms with E-state index in [0.717, 1.165) is 24.5 Å². The third-order valence-electron chi connectivity index (χ3n) is 3.46. The fourth-order valence-electron chi connectivity index (χ4n) is 2.35. The first-order valence-corrected chi connectivity index (χ1v) is 6.27. The second-order valence-electron chi connectivity index (χ2n) is 4.86. The van der Waals surface area contributed by atoms with E-state index >= 15 is 0 Å². The Morgan fingerprint density at radius 3 is 2.28 bits per heavy atom. The highest BCUT2D eigenvalue weighted by Crippen LogP contribution is 2.26. The molecule has 1 aromatic heterocycles. The number of pyridine rings is 1. The van der Waals surface area contributed by atoms with Gasteiger partial charge in [-0.2, -0.15) is 0 Å². The van der Waals surface area contributed by atoms with Crippen LogP contribution >= 0.6 is 0 Å². The first-order valence-electron chi connectivity index (χ1n) is 6.27. The molecule has 0 saturated carbocycles. The van der Waals surface area contributed by atoms with E-state index in [2.05, 4.69) is 46.3 Å². The number of benzene rings is 1. The summed E-state index contributed by atoms with van der Waals surface area (Å²) in [5, 5.41) is 0. The zero-order valence-electron chi connectivity index (χ0n) is 10.5. The van der Waals surface area contributed by atoms with Crippen molar-refractivity contribution in [1.29, 1.82) is 0 Å². The van der Waals surface area contributed by atoms with Gasteiger partial charge in [-0.15, -0.1) is 0 Å². The summed E-state index contributed by atoms with van der Waals surface area (Å²) in [5.74, 6) is 1.02. The summed E-state index contributed by atoms with van der Waals surface area (Å²) in [5.41, 5.74) is 9.71. The molecule has 0 spiro atoms. The van der Waals surface area contributed by atoms with Crippen LogP contribution in [0.5, 0.6) is 0 Å². The minimum atomic E-state index is 0.0438. The Bertz CT molecular complexity index is 521. The lowest BCUT2D eigenvalue weighted by Crippen LogP contribution is -2.16. The van der Waals surface area contributed by atoms with Gasteiger partial charge in [-0.3, -0.25) is 0 Å². The van der Waals surface area contributed by atoms with Crippen LogP contribution in [0.2, 0.25) is 0 Å². The SMILES string of the molecule is C[C@H](N)c1ccc(N2Cc3ccccc3C2)nc1. The second kappa shape index (κ2) is 4.42. The number of aromatic nitrogens is 1. The predicted octanol–water partition coefficient (Wildman–Crippen LogP) is 2.62. The summed E-state index contributed by atoms with van der Waals surface area (Å²) < 4.78 is 0. The largest absolute Gasteiger partial charge is 0.348 e. The monoisotopic (exact) mass is 239 g/mol. The van der Waals surface area contributed by atoms with Gasteiger partial charge in [0.2, 0.25) is 0 Å². The lowest BCUT2D eigenvalue weighted by molar-refractivity contribution is 0.802. The highest BCUT2D eigenvalue weighted by Gasteiger charge is 2.19. The molecule has 0 bridgehead atoms. The number of hydrogen-bond acceptors (Lipinski definition) is 3. The smallest absolute Gasteiger partial charge is 0.129 e. The van der Waals surface area contributed by atoms with Crippen molar-refractivity contribution in [3.63, 3.8) is 0 Å². The highest BCUT2D eigenvalue weighted by atomic mass is 15.2. The average molecular weight is 239 g/mol. The third-order valence-corrected chi connectivity index (χ3v) is 3.46. The van der Waals surface area contributed by atoms with Gasteiger partial charge in [-0.25, -0.2) is 4.98 Å². The Morgan fingerprint density at radius 2 is 1.78 bits per heavy atom. The lowest BCUT2D eigenvalue weighted by atomic mass is 10.1. The van der Waals surface area contributed by atoms with E-state index < -0.39 is 0 Å². The maximum absolute atomic E-state index is 5.83. The van der Waals surface area contributed by atoms with Gasteiger partial charge in [0.05, 0.1) is 0 Å². The van der Waals surface area contributed by atoms with Crippen molar-refractivity contribution in [2.75, 3.05) is 4.90 Å². The molecule has 0 unspecified atom stereocenters. The molecule has 2 N–H and O–H groups in total. The van der Waals surface area contributed by atoms with Gasteiger partial charge in [-0.1, -0.05) is 30.3 Å². The van der Waals surface area contributed by atoms with Gasteiger partial charge >= 0.3 is 0 Å². The van der Waals surface area contributed by atoms with Crippen molar-refractivity contribution in [3.8, 4) is 0 Å². The topological polar surface area (TPSA) is 42.1 Å². The molecule has 3 rings (SSSR count). The second-order valence-corrected chi connectivity index (χ2v) is 4.86. The molecule has 18 heavy (non-hydrogen) atoms. The molecular weight excluding hydrogens is 222 g/mol. The first kappa shape index (κ1) is 11.2. The molecule has 0 amide bonds. The molecule has 1 atom stereocenters. The summed E-state index contributed by atoms with van der Waals surface area (Å²) >= 11 is 0. The zero-order chi connectivity index (χ0) is 12.5. The molecule has 0 radical (unpaired) electrons. The molecule has 1 aliphatic rings. The molecule has 1 aliphatic heterocycles. The zero-order valence-corrected chi connectivity index (χ0v) is 10.5. The highest BCUT2D eigenvalue weighted by molar-refractivity contribution is 5.47. The van der Waals surface area contributed by atoms with Crippen LogP contribution in [-0.4, -0.2) is 4.98 Å². The number of nitrogens with two attached hydrogens (primary N) is 1. The summed E-state index contributed by atoms with van der Waals surface area (Å²) in [6, 6.07) is 12.7. The van der Waals surface area contributed by atoms with Crippen molar-refractivity contribution < 1.29 is 0 Å². The third kappa shape index (κ3) is 1.97. The lowest BCUT2D eigenvalue weighted by Gasteiger charge is -2.17. The van der Waals surface area contributed by atoms with Gasteiger partial charge in [0.1, 0.15) is 5.82 Å². The molecule has 92 valence electrons. The number of anilines is 1. The summed E-state index contributed by atoms with van der Waals surface area (Å²) in [4.78, 5) is 6.80. The maximum Gasteiger partial charge on any atom is 0.129 e. The van der Waals surface area contributed by atoms with Crippen LogP contribution < -0.4 is 10.6 Å². The molecule has 0 fully saturated rings. The van der Waals surface area contributed by atoms with Crippen LogP contribution in [0.15, 0.2) is 42.6 Å². The van der Waals surface area contributed by atoms with Crippen molar-refractivity contribution in [3.05, 3.63) is 59.3 Å². The Labute approximate surface area is 107 Å². The van der Waals surface area contributed by atoms with Crippen molar-refractivity contribution in [1.82, 2.24) is 4.98 Å². The van der Waals surface area contributed by atoms with E-state index in [1.807, 2.05) is 13.1 Å². The fourth-order valence-corrected chi connectivity index (χ4v) is 2.35. The molecule has 2 heterocycles. The fraction of sp³-hybridized carbons (Fsp3) is 0.267. The number of rotatable bonds is 2. The van der Waals surface area contributed by atoms with Gasteiger partial charge in [0.15, 0.2) is 0 Å². The van der Waals surface area contributed by atoms with Crippen LogP contribution in [0.25, 0.3) is 0 Å². The van der Waals surface area contributed by atoms with Crippen molar-refractivity contribution in [2.24, 2.45) is 5.73 Å². The van der Waals surface area contributed by atoms with Crippen molar-refractivity contribution in [2.45, 2.75) is 26.1 Å². The summed E-state index contributed by atoms with van der Waals surface area (Å²) in [6.07, 6.45) is 1.88. The minimum absolute atomic E-state index is 0.0438. The van der Waals surface area contributed by atoms with Crippen LogP contribution in [-0.2, 0) is 13.1 Å². The van der Waals surface area contributed by atoms with E-state index in [9.17, 15) is 0 Å². The maximum atomic E-state index is 5.83. The first-order chi connectivity index (χ1) is 8.74. The predicted molar refractivity (Wildman–Crippen MR) is 73.2 cm³/mol. The van der Waals surface area contributed by atoms with Crippen LogP contribution in [0.3, 0.4) is 0 Å². The van der Waals surface area contributed by atoms with Gasteiger partial charge in [-0.05, 0) is 29.7 Å². The van der Waals surface area contributed by atoms with Gasteiger partial charge in [0.25, 0.3) is 0 Å². The van der Waals surface area contributed by atoms with E-state index in [1.54, 1.807) is 0 Å². The Morgan fingerprint density at radius 1 is 1.11 bits per heavy atom. The minimum Gasteiger partial charge on any atom is -0.348 e. The summed E-state index contributed by atoms with van der Waals surface area (Å²) in [7, 11) is 0. The molecule has 0 aliphatic carbocycles. The number of hydrogen-bond donors (Lipinski definition) is 1. The molecule has 3 nitrogen and oxygen atoms in total. The van der Waals surface area contributed by atoms with Crippen LogP contribution in [0.4, 0.5) is 5.82 Å². The van der Waals surface area contributed by atoms with E-state index in [0.29, 0.717) is 0 Å². The van der Waals surface area contributed by atoms with Gasteiger partial charge < -0.3 is 10.6 Å². The number of nitrogens with zero attached hydrogens (tertiary/aromatic N) is 2. The summed E-state index contributed by atoms with van der Waals surface area (Å²) in [6.45, 7) is 3.86. The van der Waals surface area contributed by atoms with Gasteiger partial charge in [0, 0.05) is 25.3 Å². The quantitative estimate of drug-likeness (QED) is 0.876. The Hall–Kier alpha value is -1.87. The molecule has 0 saturated heterocycles. The molecule has 2 aromatic rings. The van der Waals surface area contributed by atoms with E-state index in [4.69, 9.17) is 5.73 Å². The molecule has 1 aromatic carbocycles. The normalized spacial score (nSPS) is 15.6. The standard InChI is InChI=1S/C15H17N3/c1-11(16)12-6-7-15(17-8-12)18-9-13-4-2-3-5-14(13)10-18/h2-8,11H,9-10,16H2,1H3/t11-/m0/s1. The number of fused-ring (bicyclic) bond motifs is 1. The molecular formula is C15H17N3. The average Bonchev–Trinajstić information content (AvgIpc) is 2.82. The Kier molecular flexibility index (Phi) is 2.76. The van der Waals surface area contributed by atoms with Crippen LogP contribution in [0, 0.1) is 0 Å². The van der Waals surface area contributed by atoms with Crippen molar-refractivity contribution >= 4 is 5.82 Å². The van der Waals surface area contributed by atoms with Crippen LogP contribution in [0.1, 0.15) is 29.7 Å². The Balaban J connectivity index is 1.82. The molecule has 3 heteroatoms. The van der Waals surface area contributed by atoms with E-state index in [1.165, 1.54) is 11.1 Å².